The average molecular weight is 417 g/mol. The van der Waals surface area contributed by atoms with E-state index in [0.29, 0.717) is 30.1 Å². The molecule has 3 aliphatic carbocycles. The minimum absolute atomic E-state index is 0.0294. The van der Waals surface area contributed by atoms with Crippen molar-refractivity contribution in [2.45, 2.75) is 58.2 Å². The first-order valence-corrected chi connectivity index (χ1v) is 11.6. The van der Waals surface area contributed by atoms with Crippen molar-refractivity contribution in [2.24, 2.45) is 17.3 Å². The second-order valence-corrected chi connectivity index (χ2v) is 9.76. The molecule has 0 radical (unpaired) electrons. The molecule has 0 aromatic heterocycles. The second kappa shape index (κ2) is 7.94. The maximum absolute atomic E-state index is 12.5. The normalized spacial score (nSPS) is 29.8. The number of benzene rings is 2. The van der Waals surface area contributed by atoms with E-state index in [1.807, 2.05) is 24.3 Å². The fraction of sp³-hybridized carbons (Fsp3) is 0.464. The molecule has 31 heavy (non-hydrogen) atoms. The fourth-order valence-electron chi connectivity index (χ4n) is 6.19. The minimum atomic E-state index is -0.180. The number of methoxy groups -OCH3 is 1. The highest BCUT2D eigenvalue weighted by atomic mass is 16.5. The zero-order valence-corrected chi connectivity index (χ0v) is 18.8. The van der Waals surface area contributed by atoms with Gasteiger partial charge in [0.05, 0.1) is 6.10 Å². The van der Waals surface area contributed by atoms with Crippen LogP contribution in [0.3, 0.4) is 0 Å². The molecular formula is C28H32O3. The molecule has 0 amide bonds. The molecule has 1 unspecified atom stereocenters. The standard InChI is InChI=1S/C28H32O3/c1-18(30-3)23-16-24-20(15-26(23)31-17-19-7-5-4-6-8-19)9-10-22-21(24)13-14-28(2)25(22)11-12-27(28)29/h4-8,11-12,15-16,18,21-22,25H,9-10,13-14,17H2,1-3H3/t18?,21-,22+,25-,28-/m0/s1. The van der Waals surface area contributed by atoms with Crippen molar-refractivity contribution < 1.29 is 14.3 Å². The van der Waals surface area contributed by atoms with Gasteiger partial charge in [0, 0.05) is 18.1 Å². The van der Waals surface area contributed by atoms with Gasteiger partial charge in [0.25, 0.3) is 0 Å². The fourth-order valence-corrected chi connectivity index (χ4v) is 6.19. The summed E-state index contributed by atoms with van der Waals surface area (Å²) >= 11 is 0. The zero-order chi connectivity index (χ0) is 21.6. The molecule has 162 valence electrons. The van der Waals surface area contributed by atoms with Crippen molar-refractivity contribution in [3.63, 3.8) is 0 Å². The first kappa shape index (κ1) is 20.5. The Kier molecular flexibility index (Phi) is 5.26. The first-order valence-electron chi connectivity index (χ1n) is 11.6. The molecule has 0 N–H and O–H groups in total. The summed E-state index contributed by atoms with van der Waals surface area (Å²) in [4.78, 5) is 12.5. The number of aryl methyl sites for hydroxylation is 1. The summed E-state index contributed by atoms with van der Waals surface area (Å²) in [5, 5.41) is 0. The Hall–Kier alpha value is -2.39. The highest BCUT2D eigenvalue weighted by Crippen LogP contribution is 2.58. The molecule has 0 bridgehead atoms. The number of carbonyl (C=O) groups is 1. The minimum Gasteiger partial charge on any atom is -0.489 e. The third-order valence-electron chi connectivity index (χ3n) is 8.15. The number of carbonyl (C=O) groups excluding carboxylic acids is 1. The second-order valence-electron chi connectivity index (χ2n) is 9.76. The van der Waals surface area contributed by atoms with Crippen LogP contribution in [-0.2, 0) is 22.6 Å². The van der Waals surface area contributed by atoms with Gasteiger partial charge in [-0.1, -0.05) is 43.3 Å². The summed E-state index contributed by atoms with van der Waals surface area (Å²) in [6, 6.07) is 14.9. The Morgan fingerprint density at radius 2 is 1.97 bits per heavy atom. The predicted molar refractivity (Wildman–Crippen MR) is 122 cm³/mol. The molecule has 3 aliphatic rings. The molecule has 2 aromatic carbocycles. The van der Waals surface area contributed by atoms with Crippen molar-refractivity contribution in [3.8, 4) is 5.75 Å². The van der Waals surface area contributed by atoms with Crippen LogP contribution in [0.1, 0.15) is 67.4 Å². The van der Waals surface area contributed by atoms with Crippen LogP contribution in [-0.4, -0.2) is 12.9 Å². The van der Waals surface area contributed by atoms with Crippen molar-refractivity contribution >= 4 is 5.78 Å². The molecule has 2 aromatic rings. The van der Waals surface area contributed by atoms with E-state index in [4.69, 9.17) is 9.47 Å². The first-order chi connectivity index (χ1) is 15.0. The molecule has 3 heteroatoms. The molecule has 0 aliphatic heterocycles. The van der Waals surface area contributed by atoms with Gasteiger partial charge in [-0.25, -0.2) is 0 Å². The summed E-state index contributed by atoms with van der Waals surface area (Å²) in [6.07, 6.45) is 8.29. The van der Waals surface area contributed by atoms with E-state index >= 15 is 0 Å². The molecule has 0 saturated heterocycles. The van der Waals surface area contributed by atoms with Crippen LogP contribution in [0.2, 0.25) is 0 Å². The van der Waals surface area contributed by atoms with E-state index in [-0.39, 0.29) is 11.5 Å². The topological polar surface area (TPSA) is 35.5 Å². The van der Waals surface area contributed by atoms with Crippen LogP contribution in [0.15, 0.2) is 54.6 Å². The molecular weight excluding hydrogens is 384 g/mol. The largest absolute Gasteiger partial charge is 0.489 e. The maximum atomic E-state index is 12.5. The van der Waals surface area contributed by atoms with Crippen LogP contribution in [0.4, 0.5) is 0 Å². The highest BCUT2D eigenvalue weighted by Gasteiger charge is 2.52. The summed E-state index contributed by atoms with van der Waals surface area (Å²) in [7, 11) is 1.76. The Balaban J connectivity index is 1.47. The average Bonchev–Trinajstić information content (AvgIpc) is 3.11. The molecule has 5 atom stereocenters. The summed E-state index contributed by atoms with van der Waals surface area (Å²) in [5.41, 5.74) is 4.98. The van der Waals surface area contributed by atoms with E-state index < -0.39 is 0 Å². The number of allylic oxidation sites excluding steroid dienone is 2. The quantitative estimate of drug-likeness (QED) is 0.584. The van der Waals surface area contributed by atoms with Gasteiger partial charge in [-0.3, -0.25) is 4.79 Å². The van der Waals surface area contributed by atoms with E-state index in [1.165, 1.54) is 16.7 Å². The molecule has 0 heterocycles. The Labute approximate surface area is 185 Å². The number of ketones is 1. The van der Waals surface area contributed by atoms with Gasteiger partial charge in [0.1, 0.15) is 12.4 Å². The van der Waals surface area contributed by atoms with Gasteiger partial charge in [-0.15, -0.1) is 0 Å². The highest BCUT2D eigenvalue weighted by molar-refractivity contribution is 5.97. The van der Waals surface area contributed by atoms with Gasteiger partial charge < -0.3 is 9.47 Å². The Morgan fingerprint density at radius 1 is 1.16 bits per heavy atom. The summed E-state index contributed by atoms with van der Waals surface area (Å²) < 4.78 is 12.0. The van der Waals surface area contributed by atoms with Gasteiger partial charge in [0.15, 0.2) is 5.78 Å². The number of hydrogen-bond donors (Lipinski definition) is 0. The van der Waals surface area contributed by atoms with Gasteiger partial charge in [-0.05, 0) is 85.3 Å². The van der Waals surface area contributed by atoms with E-state index in [2.05, 4.69) is 44.2 Å². The molecule has 1 saturated carbocycles. The number of ether oxygens (including phenoxy) is 2. The third kappa shape index (κ3) is 3.43. The monoisotopic (exact) mass is 416 g/mol. The Bertz CT molecular complexity index is 1010. The van der Waals surface area contributed by atoms with Crippen LogP contribution in [0, 0.1) is 17.3 Å². The van der Waals surface area contributed by atoms with Gasteiger partial charge in [0.2, 0.25) is 0 Å². The zero-order valence-electron chi connectivity index (χ0n) is 18.8. The number of hydrogen-bond acceptors (Lipinski definition) is 3. The molecule has 1 fully saturated rings. The van der Waals surface area contributed by atoms with Crippen molar-refractivity contribution in [1.82, 2.24) is 0 Å². The smallest absolute Gasteiger partial charge is 0.161 e. The summed E-state index contributed by atoms with van der Waals surface area (Å²) in [5.74, 6) is 2.72. The molecule has 5 rings (SSSR count). The Morgan fingerprint density at radius 3 is 2.74 bits per heavy atom. The lowest BCUT2D eigenvalue weighted by atomic mass is 9.55. The lowest BCUT2D eigenvalue weighted by Gasteiger charge is -2.48. The van der Waals surface area contributed by atoms with Crippen molar-refractivity contribution in [3.05, 3.63) is 76.9 Å². The van der Waals surface area contributed by atoms with Gasteiger partial charge in [-0.2, -0.15) is 0 Å². The van der Waals surface area contributed by atoms with E-state index in [0.717, 1.165) is 37.0 Å². The van der Waals surface area contributed by atoms with Crippen LogP contribution >= 0.6 is 0 Å². The summed E-state index contributed by atoms with van der Waals surface area (Å²) in [6.45, 7) is 4.83. The SMILES string of the molecule is COC(C)c1cc2c(cc1OCc1ccccc1)CC[C@@H]1[C@@H]2CC[C@]2(C)C(=O)C=C[C@@H]12. The lowest BCUT2D eigenvalue weighted by Crippen LogP contribution is -2.43. The number of rotatable bonds is 5. The number of fused-ring (bicyclic) bond motifs is 5. The van der Waals surface area contributed by atoms with Crippen molar-refractivity contribution in [2.75, 3.05) is 7.11 Å². The third-order valence-corrected chi connectivity index (χ3v) is 8.15. The molecule has 3 nitrogen and oxygen atoms in total. The van der Waals surface area contributed by atoms with Gasteiger partial charge >= 0.3 is 0 Å². The lowest BCUT2D eigenvalue weighted by molar-refractivity contribution is -0.126. The van der Waals surface area contributed by atoms with Crippen LogP contribution in [0.25, 0.3) is 0 Å². The van der Waals surface area contributed by atoms with Crippen LogP contribution in [0.5, 0.6) is 5.75 Å². The molecule has 0 spiro atoms. The van der Waals surface area contributed by atoms with Crippen molar-refractivity contribution in [1.29, 1.82) is 0 Å². The van der Waals surface area contributed by atoms with Crippen LogP contribution < -0.4 is 4.74 Å². The maximum Gasteiger partial charge on any atom is 0.161 e. The van der Waals surface area contributed by atoms with E-state index in [1.54, 1.807) is 7.11 Å². The predicted octanol–water partition coefficient (Wildman–Crippen LogP) is 6.17. The van der Waals surface area contributed by atoms with E-state index in [9.17, 15) is 4.79 Å².